The SMILES string of the molecule is c1ccc(C2CCc3cc(OC4CCC(NC5CCC5)CC4)ccc3O2)cc1. The summed E-state index contributed by atoms with van der Waals surface area (Å²) in [6, 6.07) is 18.4. The molecule has 1 atom stereocenters. The van der Waals surface area contributed by atoms with Crippen LogP contribution in [0.1, 0.15) is 68.6 Å². The number of hydrogen-bond acceptors (Lipinski definition) is 3. The van der Waals surface area contributed by atoms with Gasteiger partial charge in [0, 0.05) is 12.1 Å². The molecule has 28 heavy (non-hydrogen) atoms. The Morgan fingerprint density at radius 2 is 1.61 bits per heavy atom. The Hall–Kier alpha value is -2.00. The quantitative estimate of drug-likeness (QED) is 0.737. The minimum atomic E-state index is 0.166. The van der Waals surface area contributed by atoms with E-state index in [9.17, 15) is 0 Å². The van der Waals surface area contributed by atoms with Gasteiger partial charge in [-0.15, -0.1) is 0 Å². The van der Waals surface area contributed by atoms with Crippen molar-refractivity contribution in [2.45, 2.75) is 82.1 Å². The topological polar surface area (TPSA) is 30.5 Å². The molecule has 2 aliphatic carbocycles. The molecule has 2 fully saturated rings. The summed E-state index contributed by atoms with van der Waals surface area (Å²) in [5, 5.41) is 3.83. The number of nitrogens with one attached hydrogen (secondary N) is 1. The predicted octanol–water partition coefficient (Wildman–Crippen LogP) is 5.59. The van der Waals surface area contributed by atoms with Crippen LogP contribution >= 0.6 is 0 Å². The first-order chi connectivity index (χ1) is 13.8. The average molecular weight is 378 g/mol. The molecule has 0 radical (unpaired) electrons. The van der Waals surface area contributed by atoms with Crippen molar-refractivity contribution in [1.29, 1.82) is 0 Å². The van der Waals surface area contributed by atoms with Crippen molar-refractivity contribution in [3.8, 4) is 11.5 Å². The summed E-state index contributed by atoms with van der Waals surface area (Å²) in [5.74, 6) is 2.02. The molecule has 0 amide bonds. The number of aryl methyl sites for hydroxylation is 1. The highest BCUT2D eigenvalue weighted by atomic mass is 16.5. The van der Waals surface area contributed by atoms with E-state index in [4.69, 9.17) is 9.47 Å². The lowest BCUT2D eigenvalue weighted by Gasteiger charge is -2.35. The highest BCUT2D eigenvalue weighted by Gasteiger charge is 2.27. The van der Waals surface area contributed by atoms with Gasteiger partial charge in [0.1, 0.15) is 17.6 Å². The van der Waals surface area contributed by atoms with Gasteiger partial charge in [-0.25, -0.2) is 0 Å². The molecule has 3 nitrogen and oxygen atoms in total. The van der Waals surface area contributed by atoms with E-state index in [-0.39, 0.29) is 6.10 Å². The van der Waals surface area contributed by atoms with Gasteiger partial charge in [-0.1, -0.05) is 36.8 Å². The first-order valence-corrected chi connectivity index (χ1v) is 11.1. The molecule has 1 heterocycles. The third kappa shape index (κ3) is 4.05. The molecule has 1 unspecified atom stereocenters. The maximum Gasteiger partial charge on any atom is 0.124 e. The lowest BCUT2D eigenvalue weighted by molar-refractivity contribution is 0.130. The molecule has 0 aromatic heterocycles. The molecule has 0 spiro atoms. The summed E-state index contributed by atoms with van der Waals surface area (Å²) in [5.41, 5.74) is 2.55. The van der Waals surface area contributed by atoms with Crippen LogP contribution in [0.4, 0.5) is 0 Å². The maximum absolute atomic E-state index is 6.34. The van der Waals surface area contributed by atoms with Crippen LogP contribution in [0.3, 0.4) is 0 Å². The fourth-order valence-corrected chi connectivity index (χ4v) is 4.79. The van der Waals surface area contributed by atoms with Gasteiger partial charge in [0.15, 0.2) is 0 Å². The predicted molar refractivity (Wildman–Crippen MR) is 112 cm³/mol. The lowest BCUT2D eigenvalue weighted by atomic mass is 9.88. The zero-order valence-corrected chi connectivity index (χ0v) is 16.6. The molecule has 0 bridgehead atoms. The number of fused-ring (bicyclic) bond motifs is 1. The second kappa shape index (κ2) is 8.16. The van der Waals surface area contributed by atoms with Gasteiger partial charge in [-0.05, 0) is 80.7 Å². The van der Waals surface area contributed by atoms with Gasteiger partial charge in [-0.3, -0.25) is 0 Å². The first-order valence-electron chi connectivity index (χ1n) is 11.1. The molecular formula is C25H31NO2. The van der Waals surface area contributed by atoms with Crippen LogP contribution in [0.25, 0.3) is 0 Å². The van der Waals surface area contributed by atoms with Crippen molar-refractivity contribution >= 4 is 0 Å². The molecular weight excluding hydrogens is 346 g/mol. The minimum Gasteiger partial charge on any atom is -0.490 e. The van der Waals surface area contributed by atoms with E-state index >= 15 is 0 Å². The number of ether oxygens (including phenoxy) is 2. The molecule has 0 saturated heterocycles. The lowest BCUT2D eigenvalue weighted by Crippen LogP contribution is -2.45. The van der Waals surface area contributed by atoms with E-state index in [2.05, 4.69) is 53.8 Å². The molecule has 5 rings (SSSR count). The van der Waals surface area contributed by atoms with E-state index in [1.807, 2.05) is 0 Å². The fourth-order valence-electron chi connectivity index (χ4n) is 4.79. The summed E-state index contributed by atoms with van der Waals surface area (Å²) in [6.07, 6.45) is 11.6. The van der Waals surface area contributed by atoms with Gasteiger partial charge in [-0.2, -0.15) is 0 Å². The van der Waals surface area contributed by atoms with Crippen LogP contribution in [0.5, 0.6) is 11.5 Å². The van der Waals surface area contributed by atoms with Crippen LogP contribution in [0.2, 0.25) is 0 Å². The largest absolute Gasteiger partial charge is 0.490 e. The van der Waals surface area contributed by atoms with Crippen LogP contribution in [-0.2, 0) is 6.42 Å². The standard InChI is InChI=1S/C25H31NO2/c1-2-5-18(6-3-1)24-15-9-19-17-23(14-16-25(19)28-24)27-22-12-10-21(11-13-22)26-20-7-4-8-20/h1-3,5-6,14,16-17,20-22,24,26H,4,7-13,15H2. The van der Waals surface area contributed by atoms with Crippen LogP contribution < -0.4 is 14.8 Å². The van der Waals surface area contributed by atoms with Crippen LogP contribution in [-0.4, -0.2) is 18.2 Å². The smallest absolute Gasteiger partial charge is 0.124 e. The summed E-state index contributed by atoms with van der Waals surface area (Å²) in [7, 11) is 0. The molecule has 148 valence electrons. The summed E-state index contributed by atoms with van der Waals surface area (Å²) in [4.78, 5) is 0. The summed E-state index contributed by atoms with van der Waals surface area (Å²) >= 11 is 0. The van der Waals surface area contributed by atoms with Gasteiger partial charge in [0.25, 0.3) is 0 Å². The van der Waals surface area contributed by atoms with Crippen molar-refractivity contribution in [3.63, 3.8) is 0 Å². The Morgan fingerprint density at radius 3 is 2.36 bits per heavy atom. The second-order valence-corrected chi connectivity index (χ2v) is 8.71. The Kier molecular flexibility index (Phi) is 5.26. The Morgan fingerprint density at radius 1 is 0.821 bits per heavy atom. The first kappa shape index (κ1) is 18.1. The third-order valence-electron chi connectivity index (χ3n) is 6.70. The molecule has 2 aromatic rings. The summed E-state index contributed by atoms with van der Waals surface area (Å²) < 4.78 is 12.6. The van der Waals surface area contributed by atoms with Crippen LogP contribution in [0.15, 0.2) is 48.5 Å². The van der Waals surface area contributed by atoms with E-state index in [0.29, 0.717) is 12.1 Å². The molecule has 2 aromatic carbocycles. The van der Waals surface area contributed by atoms with Crippen molar-refractivity contribution in [3.05, 3.63) is 59.7 Å². The molecule has 1 aliphatic heterocycles. The monoisotopic (exact) mass is 377 g/mol. The molecule has 3 heteroatoms. The van der Waals surface area contributed by atoms with Gasteiger partial charge in [0.2, 0.25) is 0 Å². The maximum atomic E-state index is 6.34. The second-order valence-electron chi connectivity index (χ2n) is 8.71. The van der Waals surface area contributed by atoms with Gasteiger partial charge in [0.05, 0.1) is 6.10 Å². The number of rotatable bonds is 5. The zero-order valence-electron chi connectivity index (χ0n) is 16.6. The molecule has 1 N–H and O–H groups in total. The number of hydrogen-bond donors (Lipinski definition) is 1. The Bertz CT molecular complexity index is 778. The van der Waals surface area contributed by atoms with Crippen molar-refractivity contribution in [2.24, 2.45) is 0 Å². The highest BCUT2D eigenvalue weighted by molar-refractivity contribution is 5.42. The third-order valence-corrected chi connectivity index (χ3v) is 6.70. The molecule has 2 saturated carbocycles. The average Bonchev–Trinajstić information content (AvgIpc) is 2.72. The molecule has 3 aliphatic rings. The van der Waals surface area contributed by atoms with Crippen molar-refractivity contribution < 1.29 is 9.47 Å². The normalized spacial score (nSPS) is 27.4. The summed E-state index contributed by atoms with van der Waals surface area (Å²) in [6.45, 7) is 0. The Balaban J connectivity index is 1.16. The zero-order chi connectivity index (χ0) is 18.8. The van der Waals surface area contributed by atoms with Gasteiger partial charge < -0.3 is 14.8 Å². The Labute approximate surface area is 168 Å². The number of benzene rings is 2. The minimum absolute atomic E-state index is 0.166. The van der Waals surface area contributed by atoms with E-state index in [1.165, 1.54) is 43.2 Å². The van der Waals surface area contributed by atoms with E-state index < -0.39 is 0 Å². The fraction of sp³-hybridized carbons (Fsp3) is 0.520. The van der Waals surface area contributed by atoms with Crippen LogP contribution in [0, 0.1) is 0 Å². The highest BCUT2D eigenvalue weighted by Crippen LogP contribution is 2.37. The van der Waals surface area contributed by atoms with E-state index in [0.717, 1.165) is 43.2 Å². The van der Waals surface area contributed by atoms with Crippen molar-refractivity contribution in [1.82, 2.24) is 5.32 Å². The van der Waals surface area contributed by atoms with E-state index in [1.54, 1.807) is 0 Å². The van der Waals surface area contributed by atoms with Gasteiger partial charge >= 0.3 is 0 Å². The van der Waals surface area contributed by atoms with Crippen molar-refractivity contribution in [2.75, 3.05) is 0 Å².